The van der Waals surface area contributed by atoms with Crippen LogP contribution in [0, 0.1) is 0 Å². The maximum atomic E-state index is 12.5. The van der Waals surface area contributed by atoms with Crippen molar-refractivity contribution < 1.29 is 15.0 Å². The number of amides is 1. The second-order valence-electron chi connectivity index (χ2n) is 19.7. The zero-order chi connectivity index (χ0) is 46.3. The molecule has 0 fully saturated rings. The van der Waals surface area contributed by atoms with Crippen molar-refractivity contribution in [2.75, 3.05) is 6.61 Å². The fourth-order valence-corrected chi connectivity index (χ4v) is 8.89. The van der Waals surface area contributed by atoms with E-state index in [4.69, 9.17) is 0 Å². The van der Waals surface area contributed by atoms with E-state index in [9.17, 15) is 15.0 Å². The van der Waals surface area contributed by atoms with Gasteiger partial charge in [0.15, 0.2) is 0 Å². The summed E-state index contributed by atoms with van der Waals surface area (Å²) in [4.78, 5) is 12.5. The lowest BCUT2D eigenvalue weighted by Crippen LogP contribution is -2.45. The summed E-state index contributed by atoms with van der Waals surface area (Å²) in [5.41, 5.74) is 0. The van der Waals surface area contributed by atoms with Gasteiger partial charge in [0.1, 0.15) is 0 Å². The highest BCUT2D eigenvalue weighted by molar-refractivity contribution is 5.76. The van der Waals surface area contributed by atoms with Crippen molar-refractivity contribution in [3.63, 3.8) is 0 Å². The molecule has 0 aliphatic carbocycles. The maximum absolute atomic E-state index is 12.5. The molecule has 0 saturated carbocycles. The first-order valence-electron chi connectivity index (χ1n) is 28.9. The molecular weight excluding hydrogens is 783 g/mol. The quantitative estimate of drug-likeness (QED) is 0.0421. The first-order valence-corrected chi connectivity index (χ1v) is 28.9. The third-order valence-corrected chi connectivity index (χ3v) is 13.3. The highest BCUT2D eigenvalue weighted by atomic mass is 16.3. The van der Waals surface area contributed by atoms with Gasteiger partial charge in [-0.25, -0.2) is 0 Å². The molecule has 0 radical (unpaired) electrons. The summed E-state index contributed by atoms with van der Waals surface area (Å²) >= 11 is 0. The second kappa shape index (κ2) is 55.7. The minimum Gasteiger partial charge on any atom is -0.394 e. The van der Waals surface area contributed by atoms with Crippen LogP contribution in [0.15, 0.2) is 48.6 Å². The van der Waals surface area contributed by atoms with E-state index in [1.54, 1.807) is 6.08 Å². The summed E-state index contributed by atoms with van der Waals surface area (Å²) in [6, 6.07) is -0.622. The molecule has 0 aliphatic heterocycles. The molecule has 3 N–H and O–H groups in total. The first-order chi connectivity index (χ1) is 31.7. The van der Waals surface area contributed by atoms with Crippen LogP contribution < -0.4 is 5.32 Å². The van der Waals surface area contributed by atoms with E-state index >= 15 is 0 Å². The topological polar surface area (TPSA) is 69.6 Å². The van der Waals surface area contributed by atoms with Gasteiger partial charge in [0.25, 0.3) is 0 Å². The number of hydrogen-bond acceptors (Lipinski definition) is 3. The van der Waals surface area contributed by atoms with Crippen molar-refractivity contribution in [3.05, 3.63) is 48.6 Å². The molecule has 0 spiro atoms. The van der Waals surface area contributed by atoms with Gasteiger partial charge in [-0.05, 0) is 57.8 Å². The molecule has 0 rings (SSSR count). The predicted molar refractivity (Wildman–Crippen MR) is 285 cm³/mol. The standard InChI is InChI=1S/C60H113NO3/c1-3-5-7-9-11-13-15-17-19-21-23-24-25-26-27-28-29-30-31-32-33-34-35-36-38-40-42-44-46-48-50-52-54-56-60(64)61-58(57-62)59(63)55-53-51-49-47-45-43-41-39-37-22-20-18-16-14-12-10-8-6-4-2/h15,17,21,23,25-26,53,55,58-59,62-63H,3-14,16,18-20,22,24,27-52,54,56-57H2,1-2H3,(H,61,64)/b17-15-,23-21-,26-25-,55-53+. The minimum absolute atomic E-state index is 0.0599. The second-order valence-corrected chi connectivity index (χ2v) is 19.7. The number of carbonyl (C=O) groups is 1. The van der Waals surface area contributed by atoms with Crippen molar-refractivity contribution in [3.8, 4) is 0 Å². The molecule has 1 amide bonds. The summed E-state index contributed by atoms with van der Waals surface area (Å²) in [5, 5.41) is 23.2. The molecule has 376 valence electrons. The molecular formula is C60H113NO3. The minimum atomic E-state index is -0.839. The zero-order valence-corrected chi connectivity index (χ0v) is 43.3. The Hall–Kier alpha value is -1.65. The van der Waals surface area contributed by atoms with Crippen molar-refractivity contribution in [2.45, 2.75) is 321 Å². The molecule has 0 bridgehead atoms. The third-order valence-electron chi connectivity index (χ3n) is 13.3. The van der Waals surface area contributed by atoms with Crippen LogP contribution >= 0.6 is 0 Å². The fraction of sp³-hybridized carbons (Fsp3) is 0.850. The Kier molecular flexibility index (Phi) is 54.2. The third kappa shape index (κ3) is 51.3. The van der Waals surface area contributed by atoms with Gasteiger partial charge in [0, 0.05) is 6.42 Å². The van der Waals surface area contributed by atoms with Crippen LogP contribution in [0.25, 0.3) is 0 Å². The number of rotatable bonds is 53. The number of carbonyl (C=O) groups excluding carboxylic acids is 1. The summed E-state index contributed by atoms with van der Waals surface area (Å²) in [5.74, 6) is -0.0599. The van der Waals surface area contributed by atoms with Gasteiger partial charge in [-0.3, -0.25) is 4.79 Å². The summed E-state index contributed by atoms with van der Waals surface area (Å²) < 4.78 is 0. The van der Waals surface area contributed by atoms with Crippen LogP contribution in [-0.2, 0) is 4.79 Å². The van der Waals surface area contributed by atoms with Crippen molar-refractivity contribution in [1.29, 1.82) is 0 Å². The maximum Gasteiger partial charge on any atom is 0.220 e. The molecule has 2 atom stereocenters. The van der Waals surface area contributed by atoms with Gasteiger partial charge in [-0.2, -0.15) is 0 Å². The van der Waals surface area contributed by atoms with Gasteiger partial charge < -0.3 is 15.5 Å². The van der Waals surface area contributed by atoms with Crippen LogP contribution in [0.4, 0.5) is 0 Å². The van der Waals surface area contributed by atoms with Crippen molar-refractivity contribution in [2.24, 2.45) is 0 Å². The predicted octanol–water partition coefficient (Wildman–Crippen LogP) is 19.0. The fourth-order valence-electron chi connectivity index (χ4n) is 8.89. The Morgan fingerprint density at radius 3 is 0.953 bits per heavy atom. The van der Waals surface area contributed by atoms with E-state index in [1.165, 1.54) is 250 Å². The monoisotopic (exact) mass is 896 g/mol. The molecule has 0 heterocycles. The average molecular weight is 897 g/mol. The molecule has 0 aliphatic rings. The van der Waals surface area contributed by atoms with E-state index in [0.717, 1.165) is 38.5 Å². The lowest BCUT2D eigenvalue weighted by atomic mass is 10.0. The number of hydrogen-bond donors (Lipinski definition) is 3. The molecule has 4 heteroatoms. The van der Waals surface area contributed by atoms with E-state index < -0.39 is 12.1 Å². The SMILES string of the molecule is CCCCCCC/C=C\C/C=C\C/C=C\CCCCCCCCCCCCCCCCCCCCC(=O)NC(CO)C(O)/C=C/CCCCCCCCCCCCCCCCCCC. The zero-order valence-electron chi connectivity index (χ0n) is 43.3. The molecule has 0 aromatic carbocycles. The lowest BCUT2D eigenvalue weighted by Gasteiger charge is -2.20. The smallest absolute Gasteiger partial charge is 0.220 e. The van der Waals surface area contributed by atoms with Crippen LogP contribution in [-0.4, -0.2) is 34.9 Å². The summed E-state index contributed by atoms with van der Waals surface area (Å²) in [7, 11) is 0. The van der Waals surface area contributed by atoms with Crippen molar-refractivity contribution >= 4 is 5.91 Å². The van der Waals surface area contributed by atoms with Crippen LogP contribution in [0.5, 0.6) is 0 Å². The van der Waals surface area contributed by atoms with Crippen LogP contribution in [0.1, 0.15) is 309 Å². The van der Waals surface area contributed by atoms with Gasteiger partial charge in [-0.15, -0.1) is 0 Å². The van der Waals surface area contributed by atoms with E-state index in [0.29, 0.717) is 6.42 Å². The van der Waals surface area contributed by atoms with Gasteiger partial charge in [-0.1, -0.05) is 294 Å². The Labute approximate surface area is 401 Å². The molecule has 0 aromatic heterocycles. The number of unbranched alkanes of at least 4 members (excludes halogenated alkanes) is 40. The lowest BCUT2D eigenvalue weighted by molar-refractivity contribution is -0.123. The Bertz CT molecular complexity index is 1020. The Balaban J connectivity index is 3.46. The average Bonchev–Trinajstić information content (AvgIpc) is 3.30. The molecule has 2 unspecified atom stereocenters. The molecule has 0 saturated heterocycles. The van der Waals surface area contributed by atoms with Crippen molar-refractivity contribution in [1.82, 2.24) is 5.32 Å². The van der Waals surface area contributed by atoms with Crippen LogP contribution in [0.3, 0.4) is 0 Å². The number of nitrogens with one attached hydrogen (secondary N) is 1. The van der Waals surface area contributed by atoms with E-state index in [1.807, 2.05) is 6.08 Å². The Morgan fingerprint density at radius 1 is 0.375 bits per heavy atom. The Morgan fingerprint density at radius 2 is 0.641 bits per heavy atom. The molecule has 0 aromatic rings. The molecule has 4 nitrogen and oxygen atoms in total. The van der Waals surface area contributed by atoms with Gasteiger partial charge in [0.05, 0.1) is 18.8 Å². The van der Waals surface area contributed by atoms with Crippen LogP contribution in [0.2, 0.25) is 0 Å². The number of aliphatic hydroxyl groups excluding tert-OH is 2. The number of allylic oxidation sites excluding steroid dienone is 7. The summed E-state index contributed by atoms with van der Waals surface area (Å²) in [6.45, 7) is 4.32. The highest BCUT2D eigenvalue weighted by Crippen LogP contribution is 2.17. The van der Waals surface area contributed by atoms with E-state index in [-0.39, 0.29) is 12.5 Å². The highest BCUT2D eigenvalue weighted by Gasteiger charge is 2.18. The normalized spacial score (nSPS) is 13.1. The number of aliphatic hydroxyl groups is 2. The largest absolute Gasteiger partial charge is 0.394 e. The van der Waals surface area contributed by atoms with E-state index in [2.05, 4.69) is 55.6 Å². The van der Waals surface area contributed by atoms with Gasteiger partial charge in [0.2, 0.25) is 5.91 Å². The summed E-state index contributed by atoms with van der Waals surface area (Å²) in [6.07, 6.45) is 77.0. The molecule has 64 heavy (non-hydrogen) atoms. The first kappa shape index (κ1) is 62.4. The van der Waals surface area contributed by atoms with Gasteiger partial charge >= 0.3 is 0 Å².